The second-order valence-electron chi connectivity index (χ2n) is 3.81. The molecule has 13 heavy (non-hydrogen) atoms. The van der Waals surface area contributed by atoms with E-state index in [-0.39, 0.29) is 12.4 Å². The van der Waals surface area contributed by atoms with Gasteiger partial charge in [0.15, 0.2) is 0 Å². The van der Waals surface area contributed by atoms with E-state index in [0.29, 0.717) is 12.1 Å². The van der Waals surface area contributed by atoms with E-state index in [1.165, 1.54) is 17.1 Å². The minimum atomic E-state index is 0. The molecule has 2 nitrogen and oxygen atoms in total. The van der Waals surface area contributed by atoms with Crippen LogP contribution >= 0.6 is 12.4 Å². The van der Waals surface area contributed by atoms with E-state index < -0.39 is 0 Å². The summed E-state index contributed by atoms with van der Waals surface area (Å²) >= 11 is 2.65. The molecule has 1 saturated heterocycles. The van der Waals surface area contributed by atoms with Crippen molar-refractivity contribution in [2.24, 2.45) is 0 Å². The maximum absolute atomic E-state index is 2.65. The van der Waals surface area contributed by atoms with Crippen molar-refractivity contribution >= 4 is 16.4 Å². The minimum Gasteiger partial charge on any atom is -0.147 e. The minimum absolute atomic E-state index is 0. The van der Waals surface area contributed by atoms with Crippen LogP contribution < -0.4 is 0 Å². The molecule has 0 bridgehead atoms. The molecule has 0 aromatic carbocycles. The van der Waals surface area contributed by atoms with Crippen molar-refractivity contribution < 1.29 is 20.6 Å². The average Bonchev–Trinajstić information content (AvgIpc) is 2.30. The summed E-state index contributed by atoms with van der Waals surface area (Å²) in [6.07, 6.45) is 0. The van der Waals surface area contributed by atoms with E-state index in [1.54, 1.807) is 0 Å². The van der Waals surface area contributed by atoms with E-state index in [2.05, 4.69) is 58.1 Å². The van der Waals surface area contributed by atoms with E-state index in [1.807, 2.05) is 0 Å². The van der Waals surface area contributed by atoms with Crippen LogP contribution in [0.15, 0.2) is 0 Å². The molecule has 1 aliphatic heterocycles. The molecule has 0 aromatic heterocycles. The summed E-state index contributed by atoms with van der Waals surface area (Å²) in [5, 5.41) is 0. The van der Waals surface area contributed by atoms with Gasteiger partial charge in [0.25, 0.3) is 0 Å². The molecule has 0 N–H and O–H groups in total. The van der Waals surface area contributed by atoms with Crippen LogP contribution in [0.25, 0.3) is 0 Å². The van der Waals surface area contributed by atoms with Crippen molar-refractivity contribution in [1.82, 2.24) is 9.80 Å². The molecule has 0 aromatic rings. The Balaban J connectivity index is 0.00000144. The van der Waals surface area contributed by atoms with Crippen molar-refractivity contribution in [1.29, 1.82) is 0 Å². The number of rotatable bonds is 2. The smallest absolute Gasteiger partial charge is 0.147 e. The fraction of sp³-hybridized carbons (Fsp3) is 0.889. The van der Waals surface area contributed by atoms with Gasteiger partial charge in [-0.05, 0) is 0 Å². The Morgan fingerprint density at radius 3 is 1.46 bits per heavy atom. The van der Waals surface area contributed by atoms with Gasteiger partial charge in [-0.15, -0.1) is 12.4 Å². The van der Waals surface area contributed by atoms with Crippen molar-refractivity contribution in [3.05, 3.63) is 0 Å². The summed E-state index contributed by atoms with van der Waals surface area (Å²) in [6.45, 7) is 11.4. The Morgan fingerprint density at radius 2 is 1.31 bits per heavy atom. The van der Waals surface area contributed by atoms with Crippen LogP contribution in [0.4, 0.5) is 0 Å². The maximum Gasteiger partial charge on any atom is -0.147 e. The molecule has 83 valence electrons. The van der Waals surface area contributed by atoms with Crippen LogP contribution in [0, 0.1) is 0 Å². The Labute approximate surface area is 99.5 Å². The van der Waals surface area contributed by atoms with Gasteiger partial charge in [-0.1, -0.05) is 0 Å². The largest absolute Gasteiger partial charge is 0.147 e. The summed E-state index contributed by atoms with van der Waals surface area (Å²) in [5.74, 6) is 0. The first-order valence-electron chi connectivity index (χ1n) is 4.56. The first kappa shape index (κ1) is 13.8. The van der Waals surface area contributed by atoms with Crippen LogP contribution in [0.5, 0.6) is 0 Å². The quantitative estimate of drug-likeness (QED) is 0.662. The Bertz CT molecular complexity index is 164. The van der Waals surface area contributed by atoms with Crippen LogP contribution in [0.1, 0.15) is 27.7 Å². The Kier molecular flexibility index (Phi) is 6.00. The van der Waals surface area contributed by atoms with E-state index in [4.69, 9.17) is 0 Å². The molecular formula is C9H19AuClN2. The van der Waals surface area contributed by atoms with E-state index in [0.717, 1.165) is 0 Å². The van der Waals surface area contributed by atoms with Crippen LogP contribution in [-0.4, -0.2) is 38.9 Å². The molecule has 0 radical (unpaired) electrons. The zero-order valence-electron chi connectivity index (χ0n) is 8.67. The average molecular weight is 388 g/mol. The fourth-order valence-electron chi connectivity index (χ4n) is 1.45. The third-order valence-electron chi connectivity index (χ3n) is 2.26. The molecule has 0 saturated carbocycles. The standard InChI is InChI=1S/C9H18N2.Au.ClH/c1-8(2)10-5-6-11(7-10)9(3)4;;/h8-9H,5-6H2,1-4H3;;1H. The van der Waals surface area contributed by atoms with Gasteiger partial charge < -0.3 is 0 Å². The zero-order chi connectivity index (χ0) is 9.30. The van der Waals surface area contributed by atoms with Gasteiger partial charge in [0, 0.05) is 0 Å². The maximum atomic E-state index is 2.65. The molecule has 4 heteroatoms. The number of hydrogen-bond donors (Lipinski definition) is 0. The molecule has 1 fully saturated rings. The molecule has 1 aliphatic rings. The molecule has 0 amide bonds. The van der Waals surface area contributed by atoms with Gasteiger partial charge in [0.1, 0.15) is 0 Å². The predicted molar refractivity (Wildman–Crippen MR) is 55.9 cm³/mol. The Hall–Kier alpha value is 0.820. The van der Waals surface area contributed by atoms with Crippen molar-refractivity contribution in [3.8, 4) is 0 Å². The van der Waals surface area contributed by atoms with E-state index >= 15 is 0 Å². The van der Waals surface area contributed by atoms with Gasteiger partial charge in [-0.25, -0.2) is 0 Å². The fourth-order valence-corrected chi connectivity index (χ4v) is 3.05. The van der Waals surface area contributed by atoms with Crippen LogP contribution in [0.2, 0.25) is 0 Å². The second-order valence-corrected chi connectivity index (χ2v) is 4.78. The Morgan fingerprint density at radius 1 is 1.00 bits per heavy atom. The molecule has 0 aliphatic carbocycles. The zero-order valence-corrected chi connectivity index (χ0v) is 11.7. The second kappa shape index (κ2) is 5.64. The van der Waals surface area contributed by atoms with Gasteiger partial charge in [0.2, 0.25) is 0 Å². The first-order valence-corrected chi connectivity index (χ1v) is 5.64. The topological polar surface area (TPSA) is 6.48 Å². The predicted octanol–water partition coefficient (Wildman–Crippen LogP) is 1.48. The first-order chi connectivity index (χ1) is 5.54. The summed E-state index contributed by atoms with van der Waals surface area (Å²) in [6, 6.07) is 1.27. The van der Waals surface area contributed by atoms with Crippen molar-refractivity contribution in [2.75, 3.05) is 13.1 Å². The third-order valence-corrected chi connectivity index (χ3v) is 3.50. The molecule has 0 atom stereocenters. The van der Waals surface area contributed by atoms with Crippen molar-refractivity contribution in [2.45, 2.75) is 39.8 Å². The number of halogens is 1. The van der Waals surface area contributed by atoms with E-state index in [9.17, 15) is 0 Å². The SMILES string of the molecule is CC(C)N1CCN(C(C)C)[C]1=[Au].Cl. The molecular weight excluding hydrogens is 369 g/mol. The third kappa shape index (κ3) is 3.15. The van der Waals surface area contributed by atoms with Gasteiger partial charge in [0.05, 0.1) is 0 Å². The van der Waals surface area contributed by atoms with Gasteiger partial charge >= 0.3 is 87.2 Å². The molecule has 1 heterocycles. The van der Waals surface area contributed by atoms with Gasteiger partial charge in [-0.2, -0.15) is 0 Å². The van der Waals surface area contributed by atoms with Crippen LogP contribution in [0.3, 0.4) is 0 Å². The van der Waals surface area contributed by atoms with Gasteiger partial charge in [-0.3, -0.25) is 0 Å². The number of nitrogens with zero attached hydrogens (tertiary/aromatic N) is 2. The molecule has 0 spiro atoms. The molecule has 0 unspecified atom stereocenters. The monoisotopic (exact) mass is 387 g/mol. The normalized spacial score (nSPS) is 20.2. The summed E-state index contributed by atoms with van der Waals surface area (Å²) in [7, 11) is 0. The van der Waals surface area contributed by atoms with Crippen molar-refractivity contribution in [3.63, 3.8) is 0 Å². The summed E-state index contributed by atoms with van der Waals surface area (Å²) < 4.78 is 1.39. The summed E-state index contributed by atoms with van der Waals surface area (Å²) in [5.41, 5.74) is 0. The van der Waals surface area contributed by atoms with Crippen LogP contribution in [-0.2, 0) is 20.6 Å². The number of hydrogen-bond acceptors (Lipinski definition) is 2. The summed E-state index contributed by atoms with van der Waals surface area (Å²) in [4.78, 5) is 4.90. The molecule has 1 rings (SSSR count).